The molecule has 5 heteroatoms. The van der Waals surface area contributed by atoms with Crippen molar-refractivity contribution in [3.05, 3.63) is 23.0 Å². The van der Waals surface area contributed by atoms with Gasteiger partial charge in [-0.3, -0.25) is 0 Å². The average molecular weight is 208 g/mol. The zero-order valence-electron chi connectivity index (χ0n) is 8.65. The maximum Gasteiger partial charge on any atom is 0.356 e. The molecule has 5 nitrogen and oxygen atoms in total. The van der Waals surface area contributed by atoms with E-state index in [1.807, 2.05) is 13.8 Å². The highest BCUT2D eigenvalue weighted by atomic mass is 16.5. The molecule has 0 bridgehead atoms. The van der Waals surface area contributed by atoms with Crippen LogP contribution in [0.15, 0.2) is 6.07 Å². The van der Waals surface area contributed by atoms with Crippen LogP contribution in [0.2, 0.25) is 0 Å². The Balaban J connectivity index is 2.51. The molecule has 1 aliphatic rings. The number of rotatable bonds is 2. The Hall–Kier alpha value is -1.49. The van der Waals surface area contributed by atoms with Crippen molar-refractivity contribution in [2.45, 2.75) is 32.5 Å². The monoisotopic (exact) mass is 208 g/mol. The molecule has 1 unspecified atom stereocenters. The van der Waals surface area contributed by atoms with E-state index < -0.39 is 11.6 Å². The summed E-state index contributed by atoms with van der Waals surface area (Å²) in [6, 6.07) is 1.56. The van der Waals surface area contributed by atoms with Crippen LogP contribution in [0.1, 0.15) is 42.0 Å². The van der Waals surface area contributed by atoms with Gasteiger partial charge < -0.3 is 9.84 Å². The highest BCUT2D eigenvalue weighted by Gasteiger charge is 2.36. The predicted molar refractivity (Wildman–Crippen MR) is 51.4 cm³/mol. The van der Waals surface area contributed by atoms with Gasteiger partial charge in [-0.2, -0.15) is 5.10 Å². The van der Waals surface area contributed by atoms with Crippen molar-refractivity contribution in [3.63, 3.8) is 0 Å². The molecule has 2 rings (SSSR count). The number of carboxylic acid groups (broad SMARTS) is 1. The lowest BCUT2D eigenvalue weighted by atomic mass is 9.94. The molecule has 1 aromatic rings. The summed E-state index contributed by atoms with van der Waals surface area (Å²) in [5.41, 5.74) is 1.14. The lowest BCUT2D eigenvalue weighted by Crippen LogP contribution is -2.20. The second-order valence-corrected chi connectivity index (χ2v) is 3.77. The molecule has 2 heterocycles. The van der Waals surface area contributed by atoms with Crippen molar-refractivity contribution in [3.8, 4) is 0 Å². The van der Waals surface area contributed by atoms with Gasteiger partial charge in [-0.1, -0.05) is 6.92 Å². The van der Waals surface area contributed by atoms with Gasteiger partial charge >= 0.3 is 5.97 Å². The Morgan fingerprint density at radius 3 is 3.00 bits per heavy atom. The quantitative estimate of drug-likeness (QED) is 0.793. The van der Waals surface area contributed by atoms with E-state index in [1.165, 1.54) is 0 Å². The van der Waals surface area contributed by atoms with E-state index >= 15 is 0 Å². The van der Waals surface area contributed by atoms with E-state index in [0.29, 0.717) is 6.61 Å². The molecular formula is C10H12N2O3. The average Bonchev–Trinajstić information content (AvgIpc) is 2.57. The van der Waals surface area contributed by atoms with Crippen LogP contribution in [-0.2, 0) is 16.9 Å². The lowest BCUT2D eigenvalue weighted by Gasteiger charge is -2.22. The van der Waals surface area contributed by atoms with Crippen LogP contribution in [0.5, 0.6) is 0 Å². The minimum atomic E-state index is -1.06. The van der Waals surface area contributed by atoms with Crippen LogP contribution >= 0.6 is 0 Å². The first-order valence-corrected chi connectivity index (χ1v) is 4.81. The van der Waals surface area contributed by atoms with Crippen LogP contribution < -0.4 is 0 Å². The third-order valence-electron chi connectivity index (χ3n) is 2.86. The first kappa shape index (κ1) is 10.0. The fourth-order valence-corrected chi connectivity index (χ4v) is 1.68. The molecule has 1 atom stereocenters. The SMILES string of the molecule is CCC1(C)OCc2nnc(C(=O)O)cc21. The Kier molecular flexibility index (Phi) is 2.19. The van der Waals surface area contributed by atoms with E-state index in [0.717, 1.165) is 17.7 Å². The summed E-state index contributed by atoms with van der Waals surface area (Å²) in [5, 5.41) is 16.3. The molecule has 0 fully saturated rings. The molecule has 1 N–H and O–H groups in total. The molecule has 0 saturated heterocycles. The number of aromatic nitrogens is 2. The van der Waals surface area contributed by atoms with Crippen molar-refractivity contribution in [2.24, 2.45) is 0 Å². The standard InChI is InChI=1S/C10H12N2O3/c1-3-10(2)6-4-7(9(13)14)11-12-8(6)5-15-10/h4H,3,5H2,1-2H3,(H,13,14). The molecule has 0 spiro atoms. The van der Waals surface area contributed by atoms with Gasteiger partial charge in [0, 0.05) is 5.56 Å². The number of nitrogens with zero attached hydrogens (tertiary/aromatic N) is 2. The normalized spacial score (nSPS) is 23.9. The molecule has 0 aliphatic carbocycles. The summed E-state index contributed by atoms with van der Waals surface area (Å²) in [7, 11) is 0. The molecule has 1 aliphatic heterocycles. The topological polar surface area (TPSA) is 72.3 Å². The van der Waals surface area contributed by atoms with Gasteiger partial charge in [0.1, 0.15) is 0 Å². The maximum absolute atomic E-state index is 10.8. The minimum absolute atomic E-state index is 0.0288. The van der Waals surface area contributed by atoms with Gasteiger partial charge in [0.05, 0.1) is 17.9 Å². The van der Waals surface area contributed by atoms with E-state index in [-0.39, 0.29) is 5.69 Å². The number of hydrogen-bond donors (Lipinski definition) is 1. The number of carbonyl (C=O) groups is 1. The maximum atomic E-state index is 10.8. The van der Waals surface area contributed by atoms with E-state index in [1.54, 1.807) is 6.07 Å². The van der Waals surface area contributed by atoms with E-state index in [9.17, 15) is 4.79 Å². The fraction of sp³-hybridized carbons (Fsp3) is 0.500. The molecule has 15 heavy (non-hydrogen) atoms. The number of ether oxygens (including phenoxy) is 1. The van der Waals surface area contributed by atoms with Crippen molar-refractivity contribution < 1.29 is 14.6 Å². The van der Waals surface area contributed by atoms with Gasteiger partial charge in [-0.25, -0.2) is 4.79 Å². The third kappa shape index (κ3) is 1.48. The van der Waals surface area contributed by atoms with Crippen LogP contribution in [0, 0.1) is 0 Å². The van der Waals surface area contributed by atoms with Gasteiger partial charge in [-0.15, -0.1) is 5.10 Å². The van der Waals surface area contributed by atoms with Gasteiger partial charge in [0.2, 0.25) is 0 Å². The lowest BCUT2D eigenvalue weighted by molar-refractivity contribution is -0.0264. The highest BCUT2D eigenvalue weighted by Crippen LogP contribution is 2.37. The second-order valence-electron chi connectivity index (χ2n) is 3.77. The summed E-state index contributed by atoms with van der Waals surface area (Å²) >= 11 is 0. The fourth-order valence-electron chi connectivity index (χ4n) is 1.68. The zero-order valence-corrected chi connectivity index (χ0v) is 8.65. The Morgan fingerprint density at radius 1 is 1.67 bits per heavy atom. The van der Waals surface area contributed by atoms with Crippen LogP contribution in [0.4, 0.5) is 0 Å². The van der Waals surface area contributed by atoms with E-state index in [2.05, 4.69) is 10.2 Å². The molecule has 0 saturated carbocycles. The zero-order chi connectivity index (χ0) is 11.1. The highest BCUT2D eigenvalue weighted by molar-refractivity contribution is 5.85. The van der Waals surface area contributed by atoms with Crippen LogP contribution in [-0.4, -0.2) is 21.3 Å². The van der Waals surface area contributed by atoms with E-state index in [4.69, 9.17) is 9.84 Å². The van der Waals surface area contributed by atoms with Crippen molar-refractivity contribution >= 4 is 5.97 Å². The molecule has 0 radical (unpaired) electrons. The first-order chi connectivity index (χ1) is 7.07. The number of fused-ring (bicyclic) bond motifs is 1. The third-order valence-corrected chi connectivity index (χ3v) is 2.86. The number of carboxylic acids is 1. The summed E-state index contributed by atoms with van der Waals surface area (Å²) in [6.07, 6.45) is 0.782. The predicted octanol–water partition coefficient (Wildman–Crippen LogP) is 1.33. The van der Waals surface area contributed by atoms with Crippen molar-refractivity contribution in [1.82, 2.24) is 10.2 Å². The summed E-state index contributed by atoms with van der Waals surface area (Å²) in [5.74, 6) is -1.06. The minimum Gasteiger partial charge on any atom is -0.476 e. The molecule has 0 amide bonds. The number of aromatic carboxylic acids is 1. The van der Waals surface area contributed by atoms with Gasteiger partial charge in [0.15, 0.2) is 5.69 Å². The molecule has 80 valence electrons. The summed E-state index contributed by atoms with van der Waals surface area (Å²) in [6.45, 7) is 4.34. The summed E-state index contributed by atoms with van der Waals surface area (Å²) < 4.78 is 5.60. The molecule has 0 aromatic carbocycles. The molecule has 1 aromatic heterocycles. The van der Waals surface area contributed by atoms with Gasteiger partial charge in [0.25, 0.3) is 0 Å². The smallest absolute Gasteiger partial charge is 0.356 e. The second kappa shape index (κ2) is 3.27. The van der Waals surface area contributed by atoms with Crippen molar-refractivity contribution in [2.75, 3.05) is 0 Å². The van der Waals surface area contributed by atoms with Crippen molar-refractivity contribution in [1.29, 1.82) is 0 Å². The van der Waals surface area contributed by atoms with Gasteiger partial charge in [-0.05, 0) is 19.4 Å². The first-order valence-electron chi connectivity index (χ1n) is 4.81. The molecular weight excluding hydrogens is 196 g/mol. The Labute approximate surface area is 87.1 Å². The van der Waals surface area contributed by atoms with Crippen LogP contribution in [0.3, 0.4) is 0 Å². The largest absolute Gasteiger partial charge is 0.476 e. The Morgan fingerprint density at radius 2 is 2.40 bits per heavy atom. The summed E-state index contributed by atoms with van der Waals surface area (Å²) in [4.78, 5) is 10.8. The number of hydrogen-bond acceptors (Lipinski definition) is 4. The van der Waals surface area contributed by atoms with Crippen LogP contribution in [0.25, 0.3) is 0 Å². The Bertz CT molecular complexity index is 419.